The van der Waals surface area contributed by atoms with Crippen molar-refractivity contribution in [1.29, 1.82) is 0 Å². The zero-order chi connectivity index (χ0) is 25.5. The molecule has 1 aliphatic heterocycles. The van der Waals surface area contributed by atoms with Crippen molar-refractivity contribution in [2.45, 2.75) is 17.7 Å². The van der Waals surface area contributed by atoms with E-state index in [1.54, 1.807) is 0 Å². The first-order valence-corrected chi connectivity index (χ1v) is 15.3. The number of hydrogen-bond donors (Lipinski definition) is 0. The van der Waals surface area contributed by atoms with Gasteiger partial charge in [0.15, 0.2) is 0 Å². The van der Waals surface area contributed by atoms with Gasteiger partial charge in [-0.2, -0.15) is 0 Å². The smallest absolute Gasteiger partial charge is 0.0620 e. The molecule has 0 aliphatic carbocycles. The Hall–Kier alpha value is -2.51. The number of halogens is 1. The minimum atomic E-state index is -0.0504. The minimum absolute atomic E-state index is 0.0504. The second kappa shape index (κ2) is 12.6. The van der Waals surface area contributed by atoms with Crippen LogP contribution < -0.4 is 14.7 Å². The Kier molecular flexibility index (Phi) is 9.32. The zero-order valence-corrected chi connectivity index (χ0v) is 24.7. The van der Waals surface area contributed by atoms with E-state index in [2.05, 4.69) is 161 Å². The van der Waals surface area contributed by atoms with E-state index >= 15 is 0 Å². The van der Waals surface area contributed by atoms with Gasteiger partial charge in [-0.25, -0.2) is 0 Å². The molecule has 1 heterocycles. The third kappa shape index (κ3) is 6.62. The van der Waals surface area contributed by atoms with Gasteiger partial charge in [0.1, 0.15) is 0 Å². The summed E-state index contributed by atoms with van der Waals surface area (Å²) in [5, 5.41) is 2.37. The first-order valence-electron chi connectivity index (χ1n) is 12.4. The van der Waals surface area contributed by atoms with Crippen LogP contribution in [0.25, 0.3) is 18.2 Å². The van der Waals surface area contributed by atoms with Gasteiger partial charge in [0.2, 0.25) is 0 Å². The number of rotatable bonds is 10. The van der Waals surface area contributed by atoms with Gasteiger partial charge in [0, 0.05) is 56.5 Å². The molecule has 0 N–H and O–H groups in total. The topological polar surface area (TPSA) is 9.72 Å². The zero-order valence-electron chi connectivity index (χ0n) is 21.7. The minimum Gasteiger partial charge on any atom is -0.378 e. The monoisotopic (exact) mass is 609 g/mol. The predicted molar refractivity (Wildman–Crippen MR) is 173 cm³/mol. The maximum atomic E-state index is 2.50. The van der Waals surface area contributed by atoms with Crippen LogP contribution in [0, 0.1) is 0 Å². The Balaban J connectivity index is 1.61. The Bertz CT molecular complexity index is 1240. The molecule has 0 radical (unpaired) electrons. The molecule has 0 amide bonds. The molecular formula is C31H36IN3S. The lowest BCUT2D eigenvalue weighted by molar-refractivity contribution is 0.812. The van der Waals surface area contributed by atoms with Gasteiger partial charge >= 0.3 is 0 Å². The van der Waals surface area contributed by atoms with Crippen molar-refractivity contribution in [1.82, 2.24) is 0 Å². The van der Waals surface area contributed by atoms with Crippen LogP contribution in [0.3, 0.4) is 0 Å². The quantitative estimate of drug-likeness (QED) is 0.0757. The van der Waals surface area contributed by atoms with E-state index < -0.39 is 0 Å². The van der Waals surface area contributed by atoms with Gasteiger partial charge in [-0.05, 0) is 75.8 Å². The molecule has 36 heavy (non-hydrogen) atoms. The molecule has 1 aliphatic rings. The fourth-order valence-corrected chi connectivity index (χ4v) is 6.53. The summed E-state index contributed by atoms with van der Waals surface area (Å²) >= 11 is 2.48. The second-order valence-electron chi connectivity index (χ2n) is 9.37. The summed E-state index contributed by atoms with van der Waals surface area (Å²) in [6, 6.07) is 24.2. The van der Waals surface area contributed by atoms with E-state index in [0.29, 0.717) is 0 Å². The van der Waals surface area contributed by atoms with Gasteiger partial charge in [-0.1, -0.05) is 71.1 Å². The first kappa shape index (κ1) is 26.6. The Morgan fingerprint density at radius 2 is 1.36 bits per heavy atom. The molecule has 4 rings (SSSR count). The predicted octanol–water partition coefficient (Wildman–Crippen LogP) is 8.08. The Morgan fingerprint density at radius 3 is 1.94 bits per heavy atom. The molecule has 0 bridgehead atoms. The molecule has 188 valence electrons. The number of fused-ring (bicyclic) bond motifs is 1. The molecule has 5 heteroatoms. The molecule has 1 atom stereocenters. The Morgan fingerprint density at radius 1 is 0.750 bits per heavy atom. The lowest BCUT2D eigenvalue weighted by Gasteiger charge is -2.19. The lowest BCUT2D eigenvalue weighted by atomic mass is 10.1. The van der Waals surface area contributed by atoms with Crippen LogP contribution >= 0.6 is 33.1 Å². The van der Waals surface area contributed by atoms with Crippen LogP contribution in [0.15, 0.2) is 77.0 Å². The van der Waals surface area contributed by atoms with Gasteiger partial charge in [-0.3, -0.25) is 0 Å². The van der Waals surface area contributed by atoms with E-state index in [1.807, 2.05) is 0 Å². The van der Waals surface area contributed by atoms with E-state index in [9.17, 15) is 0 Å². The van der Waals surface area contributed by atoms with Crippen molar-refractivity contribution in [2.24, 2.45) is 0 Å². The fourth-order valence-electron chi connectivity index (χ4n) is 4.17. The molecule has 0 saturated heterocycles. The highest BCUT2D eigenvalue weighted by Gasteiger charge is 2.21. The molecular weight excluding hydrogens is 573 g/mol. The third-order valence-electron chi connectivity index (χ3n) is 6.28. The van der Waals surface area contributed by atoms with Gasteiger partial charge in [0.25, 0.3) is 0 Å². The summed E-state index contributed by atoms with van der Waals surface area (Å²) < 4.78 is 1.21. The van der Waals surface area contributed by atoms with Crippen molar-refractivity contribution in [3.8, 4) is 0 Å². The lowest BCUT2D eigenvalue weighted by Crippen LogP contribution is -2.20. The van der Waals surface area contributed by atoms with Gasteiger partial charge in [-0.15, -0.1) is 10.5 Å². The van der Waals surface area contributed by atoms with Crippen LogP contribution in [0.5, 0.6) is 0 Å². The first-order chi connectivity index (χ1) is 17.5. The average Bonchev–Trinajstić information content (AvgIpc) is 3.25. The average molecular weight is 610 g/mol. The van der Waals surface area contributed by atoms with Crippen LogP contribution in [0.1, 0.15) is 29.5 Å². The fraction of sp³-hybridized carbons (Fsp3) is 0.258. The maximum absolute atomic E-state index is 2.50. The third-order valence-corrected chi connectivity index (χ3v) is 8.79. The number of alkyl halides is 1. The number of anilines is 3. The SMILES string of the molecule is CN(C)c1ccc(/C=C/c2cccc3c2N(CCCCI)C=S3/C=C/c2ccc(N(C)C)cc2)cc1. The summed E-state index contributed by atoms with van der Waals surface area (Å²) in [6.45, 7) is 1.06. The van der Waals surface area contributed by atoms with Crippen molar-refractivity contribution in [2.75, 3.05) is 53.9 Å². The van der Waals surface area contributed by atoms with Crippen molar-refractivity contribution < 1.29 is 0 Å². The van der Waals surface area contributed by atoms with E-state index in [-0.39, 0.29) is 10.5 Å². The Labute approximate surface area is 233 Å². The summed E-state index contributed by atoms with van der Waals surface area (Å²) in [6.07, 6.45) is 9.23. The van der Waals surface area contributed by atoms with Crippen LogP contribution in [-0.2, 0) is 0 Å². The molecule has 0 aromatic heterocycles. The summed E-state index contributed by atoms with van der Waals surface area (Å²) in [7, 11) is 8.25. The molecule has 1 unspecified atom stereocenters. The second-order valence-corrected chi connectivity index (χ2v) is 12.1. The highest BCUT2D eigenvalue weighted by molar-refractivity contribution is 14.1. The summed E-state index contributed by atoms with van der Waals surface area (Å²) in [5.74, 6) is 0. The number of benzene rings is 3. The molecule has 0 spiro atoms. The van der Waals surface area contributed by atoms with Crippen molar-refractivity contribution in [3.63, 3.8) is 0 Å². The van der Waals surface area contributed by atoms with Crippen LogP contribution in [0.2, 0.25) is 0 Å². The molecule has 3 nitrogen and oxygen atoms in total. The normalized spacial score (nSPS) is 14.9. The van der Waals surface area contributed by atoms with Crippen molar-refractivity contribution in [3.05, 3.63) is 88.8 Å². The number of hydrogen-bond acceptors (Lipinski definition) is 3. The number of para-hydroxylation sites is 1. The van der Waals surface area contributed by atoms with E-state index in [4.69, 9.17) is 0 Å². The van der Waals surface area contributed by atoms with E-state index in [1.165, 1.54) is 55.9 Å². The van der Waals surface area contributed by atoms with Crippen molar-refractivity contribution >= 4 is 73.9 Å². The number of nitrogens with zero attached hydrogens (tertiary/aromatic N) is 3. The molecule has 3 aromatic carbocycles. The van der Waals surface area contributed by atoms with Gasteiger partial charge in [0.05, 0.1) is 5.69 Å². The van der Waals surface area contributed by atoms with E-state index in [0.717, 1.165) is 6.54 Å². The van der Waals surface area contributed by atoms with Crippen LogP contribution in [0.4, 0.5) is 17.1 Å². The highest BCUT2D eigenvalue weighted by Crippen LogP contribution is 2.44. The number of unbranched alkanes of at least 4 members (excludes halogenated alkanes) is 1. The maximum Gasteiger partial charge on any atom is 0.0620 e. The molecule has 0 saturated carbocycles. The largest absolute Gasteiger partial charge is 0.378 e. The van der Waals surface area contributed by atoms with Gasteiger partial charge < -0.3 is 14.7 Å². The summed E-state index contributed by atoms with van der Waals surface area (Å²) in [5.41, 5.74) is 9.99. The standard InChI is InChI=1S/C31H36IN3S/c1-33(2)28-16-11-25(12-17-28)10-15-27-8-7-9-30-31(27)35(22-6-5-21-32)24-36(30)23-20-26-13-18-29(19-14-26)34(3)4/h7-20,23-24H,5-6,21-22H2,1-4H3/b15-10+,23-20+. The molecule has 0 fully saturated rings. The van der Waals surface area contributed by atoms with Crippen LogP contribution in [-0.4, -0.2) is 44.7 Å². The summed E-state index contributed by atoms with van der Waals surface area (Å²) in [4.78, 5) is 8.18. The molecule has 3 aromatic rings. The highest BCUT2D eigenvalue weighted by atomic mass is 127.